The molecule has 0 saturated heterocycles. The fourth-order valence-corrected chi connectivity index (χ4v) is 3.00. The Balaban J connectivity index is 1.69. The number of hydrogen-bond acceptors (Lipinski definition) is 6. The first-order chi connectivity index (χ1) is 12.6. The Kier molecular flexibility index (Phi) is 5.75. The summed E-state index contributed by atoms with van der Waals surface area (Å²) in [6.45, 7) is 4.05. The number of amidine groups is 1. The monoisotopic (exact) mass is 354 g/mol. The molecule has 2 N–H and O–H groups in total. The maximum atomic E-state index is 6.54. The highest BCUT2D eigenvalue weighted by Gasteiger charge is 2.26. The lowest BCUT2D eigenvalue weighted by Crippen LogP contribution is -2.58. The van der Waals surface area contributed by atoms with Gasteiger partial charge in [-0.25, -0.2) is 4.90 Å². The van der Waals surface area contributed by atoms with E-state index in [1.54, 1.807) is 14.2 Å². The summed E-state index contributed by atoms with van der Waals surface area (Å²) >= 11 is 0. The van der Waals surface area contributed by atoms with Crippen LogP contribution in [0.5, 0.6) is 11.5 Å². The van der Waals surface area contributed by atoms with Crippen LogP contribution in [0.15, 0.2) is 53.5 Å². The van der Waals surface area contributed by atoms with Gasteiger partial charge in [0.1, 0.15) is 17.8 Å². The molecule has 0 aliphatic carbocycles. The maximum absolute atomic E-state index is 6.54. The molecule has 0 saturated carbocycles. The molecule has 3 rings (SSSR count). The SMILES string of the molecule is COc1ccc(CN2CN=C(C)N(Cc3ccc(OC)cc3)C2N)cc1. The van der Waals surface area contributed by atoms with E-state index in [-0.39, 0.29) is 6.29 Å². The van der Waals surface area contributed by atoms with E-state index < -0.39 is 0 Å². The Morgan fingerprint density at radius 2 is 1.42 bits per heavy atom. The van der Waals surface area contributed by atoms with Crippen LogP contribution in [0.1, 0.15) is 18.1 Å². The Morgan fingerprint density at radius 3 is 1.92 bits per heavy atom. The number of rotatable bonds is 6. The van der Waals surface area contributed by atoms with E-state index in [1.807, 2.05) is 31.2 Å². The molecular formula is C20H26N4O2. The smallest absolute Gasteiger partial charge is 0.137 e. The normalized spacial score (nSPS) is 17.8. The number of methoxy groups -OCH3 is 2. The average molecular weight is 354 g/mol. The molecule has 0 amide bonds. The number of nitrogens with zero attached hydrogens (tertiary/aromatic N) is 3. The Bertz CT molecular complexity index is 743. The van der Waals surface area contributed by atoms with Crippen molar-refractivity contribution in [2.75, 3.05) is 20.9 Å². The van der Waals surface area contributed by atoms with Gasteiger partial charge in [0.05, 0.1) is 26.7 Å². The van der Waals surface area contributed by atoms with Crippen molar-refractivity contribution in [1.82, 2.24) is 9.80 Å². The second-order valence-electron chi connectivity index (χ2n) is 6.33. The van der Waals surface area contributed by atoms with Crippen molar-refractivity contribution >= 4 is 5.84 Å². The summed E-state index contributed by atoms with van der Waals surface area (Å²) in [5.41, 5.74) is 8.89. The van der Waals surface area contributed by atoms with Gasteiger partial charge in [-0.1, -0.05) is 24.3 Å². The van der Waals surface area contributed by atoms with E-state index in [4.69, 9.17) is 15.2 Å². The van der Waals surface area contributed by atoms with Crippen LogP contribution < -0.4 is 15.2 Å². The lowest BCUT2D eigenvalue weighted by atomic mass is 10.2. The zero-order chi connectivity index (χ0) is 18.5. The Labute approximate surface area is 154 Å². The fraction of sp³-hybridized carbons (Fsp3) is 0.350. The van der Waals surface area contributed by atoms with Gasteiger partial charge in [-0.3, -0.25) is 10.7 Å². The molecule has 26 heavy (non-hydrogen) atoms. The van der Waals surface area contributed by atoms with Gasteiger partial charge in [-0.15, -0.1) is 0 Å². The van der Waals surface area contributed by atoms with Crippen molar-refractivity contribution < 1.29 is 9.47 Å². The predicted molar refractivity (Wildman–Crippen MR) is 103 cm³/mol. The van der Waals surface area contributed by atoms with Gasteiger partial charge in [-0.2, -0.15) is 0 Å². The van der Waals surface area contributed by atoms with Crippen molar-refractivity contribution in [1.29, 1.82) is 0 Å². The molecule has 2 aromatic rings. The second kappa shape index (κ2) is 8.21. The van der Waals surface area contributed by atoms with Crippen LogP contribution in [-0.2, 0) is 13.1 Å². The highest BCUT2D eigenvalue weighted by Crippen LogP contribution is 2.19. The Morgan fingerprint density at radius 1 is 0.923 bits per heavy atom. The number of aliphatic imine (C=N–C) groups is 1. The zero-order valence-corrected chi connectivity index (χ0v) is 15.6. The summed E-state index contributed by atoms with van der Waals surface area (Å²) in [4.78, 5) is 8.91. The van der Waals surface area contributed by atoms with E-state index in [0.29, 0.717) is 13.2 Å². The average Bonchev–Trinajstić information content (AvgIpc) is 2.68. The maximum Gasteiger partial charge on any atom is 0.137 e. The molecule has 1 aliphatic heterocycles. The van der Waals surface area contributed by atoms with Gasteiger partial charge in [0.15, 0.2) is 0 Å². The standard InChI is InChI=1S/C20H26N4O2/c1-15-22-14-23(12-16-4-8-18(25-2)9-5-16)20(21)24(15)13-17-6-10-19(26-3)11-7-17/h4-11,20H,12-14,21H2,1-3H3. The molecule has 0 bridgehead atoms. The summed E-state index contributed by atoms with van der Waals surface area (Å²) < 4.78 is 10.4. The molecule has 0 fully saturated rings. The van der Waals surface area contributed by atoms with E-state index in [1.165, 1.54) is 11.1 Å². The van der Waals surface area contributed by atoms with Crippen LogP contribution in [0, 0.1) is 0 Å². The fourth-order valence-electron chi connectivity index (χ4n) is 3.00. The van der Waals surface area contributed by atoms with Crippen LogP contribution in [0.2, 0.25) is 0 Å². The van der Waals surface area contributed by atoms with Gasteiger partial charge in [0, 0.05) is 13.1 Å². The van der Waals surface area contributed by atoms with Crippen molar-refractivity contribution in [3.05, 3.63) is 59.7 Å². The van der Waals surface area contributed by atoms with Crippen LogP contribution in [0.3, 0.4) is 0 Å². The molecule has 6 heteroatoms. The highest BCUT2D eigenvalue weighted by atomic mass is 16.5. The van der Waals surface area contributed by atoms with Gasteiger partial charge in [-0.05, 0) is 42.3 Å². The van der Waals surface area contributed by atoms with Crippen molar-refractivity contribution in [3.8, 4) is 11.5 Å². The minimum Gasteiger partial charge on any atom is -0.497 e. The van der Waals surface area contributed by atoms with Crippen molar-refractivity contribution in [2.45, 2.75) is 26.3 Å². The first-order valence-electron chi connectivity index (χ1n) is 8.64. The topological polar surface area (TPSA) is 63.3 Å². The molecule has 1 heterocycles. The molecule has 1 aliphatic rings. The summed E-state index contributed by atoms with van der Waals surface area (Å²) in [6.07, 6.45) is -0.225. The quantitative estimate of drug-likeness (QED) is 0.864. The molecular weight excluding hydrogens is 328 g/mol. The van der Waals surface area contributed by atoms with E-state index in [0.717, 1.165) is 23.9 Å². The van der Waals surface area contributed by atoms with Gasteiger partial charge in [0.2, 0.25) is 0 Å². The molecule has 1 atom stereocenters. The van der Waals surface area contributed by atoms with E-state index >= 15 is 0 Å². The molecule has 6 nitrogen and oxygen atoms in total. The van der Waals surface area contributed by atoms with Gasteiger partial charge in [0.25, 0.3) is 0 Å². The first-order valence-corrected chi connectivity index (χ1v) is 8.64. The lowest BCUT2D eigenvalue weighted by molar-refractivity contribution is 0.0708. The van der Waals surface area contributed by atoms with Crippen LogP contribution in [-0.4, -0.2) is 42.8 Å². The highest BCUT2D eigenvalue weighted by molar-refractivity contribution is 5.80. The summed E-state index contributed by atoms with van der Waals surface area (Å²) in [7, 11) is 3.34. The predicted octanol–water partition coefficient (Wildman–Crippen LogP) is 2.64. The zero-order valence-electron chi connectivity index (χ0n) is 15.6. The molecule has 138 valence electrons. The van der Waals surface area contributed by atoms with Crippen LogP contribution in [0.25, 0.3) is 0 Å². The van der Waals surface area contributed by atoms with Gasteiger partial charge < -0.3 is 14.4 Å². The van der Waals surface area contributed by atoms with Crippen molar-refractivity contribution in [2.24, 2.45) is 10.7 Å². The number of benzene rings is 2. The van der Waals surface area contributed by atoms with Gasteiger partial charge >= 0.3 is 0 Å². The third-order valence-corrected chi connectivity index (χ3v) is 4.65. The first kappa shape index (κ1) is 18.2. The minimum atomic E-state index is -0.225. The van der Waals surface area contributed by atoms with Crippen LogP contribution in [0.4, 0.5) is 0 Å². The molecule has 0 spiro atoms. The second-order valence-corrected chi connectivity index (χ2v) is 6.33. The largest absolute Gasteiger partial charge is 0.497 e. The molecule has 0 aromatic heterocycles. The number of ether oxygens (including phenoxy) is 2. The number of nitrogens with two attached hydrogens (primary N) is 1. The summed E-state index contributed by atoms with van der Waals surface area (Å²) in [6, 6.07) is 16.1. The summed E-state index contributed by atoms with van der Waals surface area (Å²) in [5, 5.41) is 0. The van der Waals surface area contributed by atoms with E-state index in [2.05, 4.69) is 39.1 Å². The molecule has 1 unspecified atom stereocenters. The van der Waals surface area contributed by atoms with E-state index in [9.17, 15) is 0 Å². The molecule has 0 radical (unpaired) electrons. The Hall–Kier alpha value is -2.57. The third kappa shape index (κ3) is 4.15. The van der Waals surface area contributed by atoms with Crippen molar-refractivity contribution in [3.63, 3.8) is 0 Å². The minimum absolute atomic E-state index is 0.225. The summed E-state index contributed by atoms with van der Waals surface area (Å²) in [5.74, 6) is 2.66. The van der Waals surface area contributed by atoms with Crippen LogP contribution >= 0.6 is 0 Å². The number of hydrogen-bond donors (Lipinski definition) is 1. The molecule has 2 aromatic carbocycles. The third-order valence-electron chi connectivity index (χ3n) is 4.65. The lowest BCUT2D eigenvalue weighted by Gasteiger charge is -2.41.